The van der Waals surface area contributed by atoms with Crippen LogP contribution in [0.4, 0.5) is 22.0 Å². The molecule has 1 atom stereocenters. The molecule has 31 heavy (non-hydrogen) atoms. The number of aryl methyl sites for hydroxylation is 1. The molecule has 0 saturated carbocycles. The number of aromatic amines is 1. The van der Waals surface area contributed by atoms with Gasteiger partial charge in [0.2, 0.25) is 5.91 Å². The molecule has 10 heteroatoms. The van der Waals surface area contributed by atoms with E-state index in [1.165, 1.54) is 0 Å². The lowest BCUT2D eigenvalue weighted by Gasteiger charge is -2.40. The molecule has 10 nitrogen and oxygen atoms in total. The lowest BCUT2D eigenvalue weighted by Crippen LogP contribution is -2.55. The van der Waals surface area contributed by atoms with Crippen LogP contribution in [0.1, 0.15) is 12.5 Å². The Balaban J connectivity index is 1.43. The van der Waals surface area contributed by atoms with Crippen LogP contribution >= 0.6 is 0 Å². The molecule has 3 amide bonds. The van der Waals surface area contributed by atoms with Gasteiger partial charge in [-0.1, -0.05) is 6.07 Å². The third-order valence-corrected chi connectivity index (χ3v) is 5.42. The highest BCUT2D eigenvalue weighted by molar-refractivity contribution is 5.94. The van der Waals surface area contributed by atoms with E-state index in [-0.39, 0.29) is 24.5 Å². The number of nitrogens with one attached hydrogen (secondary N) is 3. The molecule has 0 spiro atoms. The average Bonchev–Trinajstić information content (AvgIpc) is 3.15. The molecular weight excluding hydrogens is 396 g/mol. The van der Waals surface area contributed by atoms with Crippen molar-refractivity contribution < 1.29 is 9.59 Å². The van der Waals surface area contributed by atoms with Crippen LogP contribution in [0, 0.1) is 6.92 Å². The number of H-pyrrole nitrogens is 1. The molecule has 0 aliphatic carbocycles. The highest BCUT2D eigenvalue weighted by Gasteiger charge is 2.29. The molecule has 2 aromatic heterocycles. The average molecular weight is 422 g/mol. The van der Waals surface area contributed by atoms with Gasteiger partial charge in [0, 0.05) is 43.2 Å². The summed E-state index contributed by atoms with van der Waals surface area (Å²) in [6, 6.07) is 6.80. The number of anilines is 3. The zero-order valence-electron chi connectivity index (χ0n) is 17.6. The van der Waals surface area contributed by atoms with Gasteiger partial charge < -0.3 is 31.2 Å². The van der Waals surface area contributed by atoms with Crippen LogP contribution in [0.3, 0.4) is 0 Å². The van der Waals surface area contributed by atoms with Gasteiger partial charge in [-0.15, -0.1) is 0 Å². The number of rotatable bonds is 4. The van der Waals surface area contributed by atoms with Gasteiger partial charge in [-0.3, -0.25) is 4.79 Å². The number of carbonyl (C=O) groups is 2. The summed E-state index contributed by atoms with van der Waals surface area (Å²) in [6.07, 6.45) is 3.49. The maximum Gasteiger partial charge on any atom is 0.322 e. The minimum Gasteiger partial charge on any atom is -0.352 e. The fourth-order valence-corrected chi connectivity index (χ4v) is 3.87. The fourth-order valence-electron chi connectivity index (χ4n) is 3.87. The van der Waals surface area contributed by atoms with E-state index >= 15 is 0 Å². The molecule has 0 radical (unpaired) electrons. The number of aromatic nitrogens is 3. The summed E-state index contributed by atoms with van der Waals surface area (Å²) in [5.74, 6) is 0.601. The van der Waals surface area contributed by atoms with Gasteiger partial charge >= 0.3 is 6.03 Å². The van der Waals surface area contributed by atoms with Gasteiger partial charge in [-0.2, -0.15) is 0 Å². The maximum absolute atomic E-state index is 12.9. The molecule has 4 rings (SSSR count). The SMILES string of the molecule is Cc1c[nH]c2ncnc(N3CCN(C(=O)Nc4cccc(NC(=O)CN)c4)[C@@H](C)C3)c12. The van der Waals surface area contributed by atoms with Crippen LogP contribution in [0.2, 0.25) is 0 Å². The predicted molar refractivity (Wildman–Crippen MR) is 120 cm³/mol. The Bertz CT molecular complexity index is 1110. The topological polar surface area (TPSA) is 132 Å². The fraction of sp³-hybridized carbons (Fsp3) is 0.333. The van der Waals surface area contributed by atoms with Crippen molar-refractivity contribution in [3.8, 4) is 0 Å². The van der Waals surface area contributed by atoms with Crippen molar-refractivity contribution in [3.63, 3.8) is 0 Å². The standard InChI is InChI=1S/C21H26N8O2/c1-13-10-23-19-18(13)20(25-12-24-19)28-6-7-29(14(2)11-28)21(31)27-16-5-3-4-15(8-16)26-17(30)9-22/h3-5,8,10,12,14H,6-7,9,11,22H2,1-2H3,(H,26,30)(H,27,31)(H,23,24,25)/t14-/m0/s1. The highest BCUT2D eigenvalue weighted by atomic mass is 16.2. The van der Waals surface area contributed by atoms with Crippen molar-refractivity contribution in [2.45, 2.75) is 19.9 Å². The van der Waals surface area contributed by atoms with Crippen molar-refractivity contribution in [2.24, 2.45) is 5.73 Å². The minimum atomic E-state index is -0.287. The third-order valence-electron chi connectivity index (χ3n) is 5.42. The first-order valence-corrected chi connectivity index (χ1v) is 10.2. The lowest BCUT2D eigenvalue weighted by molar-refractivity contribution is -0.114. The van der Waals surface area contributed by atoms with Gasteiger partial charge in [0.1, 0.15) is 17.8 Å². The van der Waals surface area contributed by atoms with Crippen molar-refractivity contribution in [3.05, 3.63) is 42.4 Å². The number of piperazine rings is 1. The summed E-state index contributed by atoms with van der Waals surface area (Å²) in [7, 11) is 0. The van der Waals surface area contributed by atoms with E-state index in [2.05, 4.69) is 30.5 Å². The molecule has 1 saturated heterocycles. The van der Waals surface area contributed by atoms with Crippen molar-refractivity contribution in [1.82, 2.24) is 19.9 Å². The van der Waals surface area contributed by atoms with Gasteiger partial charge in [-0.05, 0) is 37.6 Å². The van der Waals surface area contributed by atoms with Crippen LogP contribution in [0.15, 0.2) is 36.8 Å². The smallest absolute Gasteiger partial charge is 0.322 e. The molecule has 1 aromatic carbocycles. The molecule has 3 heterocycles. The molecule has 1 aliphatic heterocycles. The molecule has 0 unspecified atom stereocenters. The summed E-state index contributed by atoms with van der Waals surface area (Å²) in [5.41, 5.74) is 8.44. The van der Waals surface area contributed by atoms with E-state index in [1.54, 1.807) is 30.6 Å². The second-order valence-corrected chi connectivity index (χ2v) is 7.64. The Morgan fingerprint density at radius 1 is 1.23 bits per heavy atom. The number of benzene rings is 1. The summed E-state index contributed by atoms with van der Waals surface area (Å²) in [4.78, 5) is 40.4. The number of hydrogen-bond donors (Lipinski definition) is 4. The number of carbonyl (C=O) groups excluding carboxylic acids is 2. The Morgan fingerprint density at radius 2 is 2.00 bits per heavy atom. The Hall–Kier alpha value is -3.66. The quantitative estimate of drug-likeness (QED) is 0.508. The second-order valence-electron chi connectivity index (χ2n) is 7.64. The maximum atomic E-state index is 12.9. The van der Waals surface area contributed by atoms with Gasteiger partial charge in [0.05, 0.1) is 11.9 Å². The van der Waals surface area contributed by atoms with E-state index in [4.69, 9.17) is 5.73 Å². The summed E-state index contributed by atoms with van der Waals surface area (Å²) < 4.78 is 0. The first-order valence-electron chi connectivity index (χ1n) is 10.2. The van der Waals surface area contributed by atoms with Crippen LogP contribution in [-0.2, 0) is 4.79 Å². The van der Waals surface area contributed by atoms with Crippen LogP contribution in [-0.4, -0.2) is 64.0 Å². The van der Waals surface area contributed by atoms with Gasteiger partial charge in [0.15, 0.2) is 0 Å². The number of fused-ring (bicyclic) bond motifs is 1. The Morgan fingerprint density at radius 3 is 2.74 bits per heavy atom. The molecule has 3 aromatic rings. The Kier molecular flexibility index (Phi) is 5.72. The number of nitrogens with zero attached hydrogens (tertiary/aromatic N) is 4. The van der Waals surface area contributed by atoms with Crippen molar-refractivity contribution in [2.75, 3.05) is 41.7 Å². The van der Waals surface area contributed by atoms with Gasteiger partial charge in [-0.25, -0.2) is 14.8 Å². The van der Waals surface area contributed by atoms with Gasteiger partial charge in [0.25, 0.3) is 0 Å². The van der Waals surface area contributed by atoms with Crippen molar-refractivity contribution in [1.29, 1.82) is 0 Å². The van der Waals surface area contributed by atoms with E-state index in [0.29, 0.717) is 31.0 Å². The van der Waals surface area contributed by atoms with Crippen LogP contribution in [0.5, 0.6) is 0 Å². The second kappa shape index (κ2) is 8.60. The number of urea groups is 1. The first-order chi connectivity index (χ1) is 15.0. The van der Waals surface area contributed by atoms with E-state index < -0.39 is 0 Å². The number of hydrogen-bond acceptors (Lipinski definition) is 6. The normalized spacial score (nSPS) is 16.4. The third kappa shape index (κ3) is 4.29. The lowest BCUT2D eigenvalue weighted by atomic mass is 10.1. The molecule has 5 N–H and O–H groups in total. The Labute approximate surface area is 179 Å². The van der Waals surface area contributed by atoms with Crippen LogP contribution < -0.4 is 21.3 Å². The number of amides is 3. The highest BCUT2D eigenvalue weighted by Crippen LogP contribution is 2.27. The zero-order valence-corrected chi connectivity index (χ0v) is 17.6. The zero-order chi connectivity index (χ0) is 22.0. The van der Waals surface area contributed by atoms with E-state index in [0.717, 1.165) is 22.4 Å². The molecule has 162 valence electrons. The summed E-state index contributed by atoms with van der Waals surface area (Å²) in [6.45, 7) is 5.84. The minimum absolute atomic E-state index is 0.0156. The van der Waals surface area contributed by atoms with E-state index in [1.807, 2.05) is 24.9 Å². The monoisotopic (exact) mass is 422 g/mol. The predicted octanol–water partition coefficient (Wildman–Crippen LogP) is 1.91. The van der Waals surface area contributed by atoms with Crippen molar-refractivity contribution >= 4 is 40.2 Å². The number of nitrogens with two attached hydrogens (primary N) is 1. The summed E-state index contributed by atoms with van der Waals surface area (Å²) >= 11 is 0. The van der Waals surface area contributed by atoms with E-state index in [9.17, 15) is 9.59 Å². The summed E-state index contributed by atoms with van der Waals surface area (Å²) in [5, 5.41) is 6.62. The molecule has 1 fully saturated rings. The largest absolute Gasteiger partial charge is 0.352 e. The first kappa shape index (κ1) is 20.6. The van der Waals surface area contributed by atoms with Crippen LogP contribution in [0.25, 0.3) is 11.0 Å². The molecular formula is C21H26N8O2. The molecule has 1 aliphatic rings. The molecule has 0 bridgehead atoms.